The van der Waals surface area contributed by atoms with E-state index in [1.165, 1.54) is 0 Å². The van der Waals surface area contributed by atoms with Gasteiger partial charge in [0, 0.05) is 35.7 Å². The molecule has 1 amide bonds. The number of ether oxygens (including phenoxy) is 1. The van der Waals surface area contributed by atoms with Crippen LogP contribution in [0.25, 0.3) is 0 Å². The smallest absolute Gasteiger partial charge is 0.230 e. The SMILES string of the molecule is CN1C[C@H]2c3ccccc3Oc3ccc(Cl)cc3[C@H]2C1=O. The van der Waals surface area contributed by atoms with Crippen molar-refractivity contribution in [1.82, 2.24) is 4.90 Å². The van der Waals surface area contributed by atoms with Gasteiger partial charge in [-0.05, 0) is 24.3 Å². The lowest BCUT2D eigenvalue weighted by atomic mass is 9.84. The zero-order chi connectivity index (χ0) is 14.6. The molecule has 0 bridgehead atoms. The van der Waals surface area contributed by atoms with E-state index < -0.39 is 0 Å². The third-order valence-corrected chi connectivity index (χ3v) is 4.60. The van der Waals surface area contributed by atoms with Crippen molar-refractivity contribution in [3.05, 3.63) is 58.6 Å². The van der Waals surface area contributed by atoms with Gasteiger partial charge in [0.1, 0.15) is 11.5 Å². The quantitative estimate of drug-likeness (QED) is 0.741. The number of rotatable bonds is 0. The highest BCUT2D eigenvalue weighted by molar-refractivity contribution is 6.30. The van der Waals surface area contributed by atoms with Crippen molar-refractivity contribution >= 4 is 17.5 Å². The molecule has 4 rings (SSSR count). The standard InChI is InChI=1S/C17H14ClNO2/c1-19-9-13-11-4-2-3-5-14(11)21-15-7-6-10(18)8-12(15)16(13)17(19)20/h2-8,13,16H,9H2,1H3/t13-,16+/m0/s1. The van der Waals surface area contributed by atoms with Gasteiger partial charge in [-0.2, -0.15) is 0 Å². The number of carbonyl (C=O) groups excluding carboxylic acids is 1. The van der Waals surface area contributed by atoms with Crippen molar-refractivity contribution in [1.29, 1.82) is 0 Å². The first-order valence-corrected chi connectivity index (χ1v) is 7.34. The Labute approximate surface area is 128 Å². The fourth-order valence-electron chi connectivity index (χ4n) is 3.38. The van der Waals surface area contributed by atoms with E-state index in [9.17, 15) is 4.79 Å². The van der Waals surface area contributed by atoms with Crippen LogP contribution in [0.1, 0.15) is 23.0 Å². The number of benzene rings is 2. The first kappa shape index (κ1) is 12.7. The van der Waals surface area contributed by atoms with Gasteiger partial charge in [-0.3, -0.25) is 4.79 Å². The van der Waals surface area contributed by atoms with Gasteiger partial charge in [0.2, 0.25) is 5.91 Å². The molecular weight excluding hydrogens is 286 g/mol. The minimum absolute atomic E-state index is 0.110. The van der Waals surface area contributed by atoms with Crippen LogP contribution in [-0.2, 0) is 4.79 Å². The Kier molecular flexibility index (Phi) is 2.73. The summed E-state index contributed by atoms with van der Waals surface area (Å²) in [6.45, 7) is 0.704. The summed E-state index contributed by atoms with van der Waals surface area (Å²) in [7, 11) is 1.85. The van der Waals surface area contributed by atoms with Crippen molar-refractivity contribution in [2.75, 3.05) is 13.6 Å². The Morgan fingerprint density at radius 2 is 1.90 bits per heavy atom. The van der Waals surface area contributed by atoms with E-state index in [2.05, 4.69) is 0 Å². The zero-order valence-electron chi connectivity index (χ0n) is 11.5. The van der Waals surface area contributed by atoms with Gasteiger partial charge in [0.05, 0.1) is 5.92 Å². The van der Waals surface area contributed by atoms with E-state index in [0.29, 0.717) is 11.6 Å². The first-order valence-electron chi connectivity index (χ1n) is 6.96. The molecule has 4 heteroatoms. The molecule has 2 aromatic rings. The molecule has 0 aromatic heterocycles. The number of hydrogen-bond donors (Lipinski definition) is 0. The third-order valence-electron chi connectivity index (χ3n) is 4.36. The normalized spacial score (nSPS) is 23.0. The Balaban J connectivity index is 1.98. The fraction of sp³-hybridized carbons (Fsp3) is 0.235. The van der Waals surface area contributed by atoms with Crippen LogP contribution in [0, 0.1) is 0 Å². The maximum atomic E-state index is 12.6. The fourth-order valence-corrected chi connectivity index (χ4v) is 3.56. The van der Waals surface area contributed by atoms with Crippen LogP contribution in [0.5, 0.6) is 11.5 Å². The van der Waals surface area contributed by atoms with Crippen molar-refractivity contribution in [3.8, 4) is 11.5 Å². The molecule has 106 valence electrons. The van der Waals surface area contributed by atoms with Crippen LogP contribution in [0.15, 0.2) is 42.5 Å². The van der Waals surface area contributed by atoms with Gasteiger partial charge >= 0.3 is 0 Å². The maximum Gasteiger partial charge on any atom is 0.230 e. The first-order chi connectivity index (χ1) is 10.1. The lowest BCUT2D eigenvalue weighted by Crippen LogP contribution is -2.21. The molecule has 0 saturated carbocycles. The highest BCUT2D eigenvalue weighted by Gasteiger charge is 2.44. The van der Waals surface area contributed by atoms with Crippen molar-refractivity contribution in [3.63, 3.8) is 0 Å². The molecule has 21 heavy (non-hydrogen) atoms. The second-order valence-electron chi connectivity index (χ2n) is 5.62. The number of likely N-dealkylation sites (N-methyl/N-ethyl adjacent to an activating group) is 1. The second-order valence-corrected chi connectivity index (χ2v) is 6.06. The van der Waals surface area contributed by atoms with Gasteiger partial charge in [0.15, 0.2) is 0 Å². The summed E-state index contributed by atoms with van der Waals surface area (Å²) in [5.74, 6) is 1.58. The Morgan fingerprint density at radius 3 is 2.76 bits per heavy atom. The van der Waals surface area contributed by atoms with Gasteiger partial charge in [-0.1, -0.05) is 29.8 Å². The second kappa shape index (κ2) is 4.50. The van der Waals surface area contributed by atoms with Gasteiger partial charge in [-0.25, -0.2) is 0 Å². The van der Waals surface area contributed by atoms with Crippen molar-refractivity contribution < 1.29 is 9.53 Å². The Bertz CT molecular complexity index is 743. The molecule has 3 nitrogen and oxygen atoms in total. The summed E-state index contributed by atoms with van der Waals surface area (Å²) in [4.78, 5) is 14.4. The Morgan fingerprint density at radius 1 is 1.14 bits per heavy atom. The number of para-hydroxylation sites is 1. The largest absolute Gasteiger partial charge is 0.457 e. The molecule has 2 heterocycles. The molecule has 0 N–H and O–H groups in total. The van der Waals surface area contributed by atoms with Crippen LogP contribution in [0.3, 0.4) is 0 Å². The summed E-state index contributed by atoms with van der Waals surface area (Å²) in [5.41, 5.74) is 1.98. The minimum Gasteiger partial charge on any atom is -0.457 e. The van der Waals surface area contributed by atoms with Crippen LogP contribution >= 0.6 is 11.6 Å². The predicted octanol–water partition coefficient (Wildman–Crippen LogP) is 3.79. The average molecular weight is 300 g/mol. The average Bonchev–Trinajstić information content (AvgIpc) is 2.70. The van der Waals surface area contributed by atoms with Crippen LogP contribution < -0.4 is 4.74 Å². The van der Waals surface area contributed by atoms with Crippen LogP contribution in [0.4, 0.5) is 0 Å². The van der Waals surface area contributed by atoms with Crippen molar-refractivity contribution in [2.45, 2.75) is 11.8 Å². The lowest BCUT2D eigenvalue weighted by molar-refractivity contribution is -0.127. The van der Waals surface area contributed by atoms with Gasteiger partial charge in [-0.15, -0.1) is 0 Å². The minimum atomic E-state index is -0.215. The highest BCUT2D eigenvalue weighted by Crippen LogP contribution is 2.50. The summed E-state index contributed by atoms with van der Waals surface area (Å²) in [5, 5.41) is 0.629. The van der Waals surface area contributed by atoms with Crippen LogP contribution in [-0.4, -0.2) is 24.4 Å². The van der Waals surface area contributed by atoms with E-state index in [1.54, 1.807) is 11.0 Å². The van der Waals surface area contributed by atoms with E-state index in [0.717, 1.165) is 22.6 Å². The monoisotopic (exact) mass is 299 g/mol. The number of nitrogens with zero attached hydrogens (tertiary/aromatic N) is 1. The number of hydrogen-bond acceptors (Lipinski definition) is 2. The molecule has 2 atom stereocenters. The molecule has 0 spiro atoms. The molecular formula is C17H14ClNO2. The summed E-state index contributed by atoms with van der Waals surface area (Å²) in [6, 6.07) is 13.5. The summed E-state index contributed by atoms with van der Waals surface area (Å²) in [6.07, 6.45) is 0. The third kappa shape index (κ3) is 1.84. The number of likely N-dealkylation sites (tertiary alicyclic amines) is 1. The number of fused-ring (bicyclic) bond motifs is 5. The molecule has 2 aliphatic rings. The molecule has 0 radical (unpaired) electrons. The number of carbonyl (C=O) groups is 1. The molecule has 1 fully saturated rings. The topological polar surface area (TPSA) is 29.5 Å². The van der Waals surface area contributed by atoms with E-state index >= 15 is 0 Å². The molecule has 0 unspecified atom stereocenters. The summed E-state index contributed by atoms with van der Waals surface area (Å²) < 4.78 is 6.05. The number of amides is 1. The molecule has 1 saturated heterocycles. The van der Waals surface area contributed by atoms with Crippen molar-refractivity contribution in [2.24, 2.45) is 0 Å². The molecule has 0 aliphatic carbocycles. The van der Waals surface area contributed by atoms with Crippen LogP contribution in [0.2, 0.25) is 5.02 Å². The lowest BCUT2D eigenvalue weighted by Gasteiger charge is -2.15. The van der Waals surface area contributed by atoms with E-state index in [4.69, 9.17) is 16.3 Å². The highest BCUT2D eigenvalue weighted by atomic mass is 35.5. The maximum absolute atomic E-state index is 12.6. The Hall–Kier alpha value is -2.00. The summed E-state index contributed by atoms with van der Waals surface area (Å²) >= 11 is 6.14. The van der Waals surface area contributed by atoms with Gasteiger partial charge < -0.3 is 9.64 Å². The van der Waals surface area contributed by atoms with E-state index in [-0.39, 0.29) is 17.7 Å². The molecule has 2 aliphatic heterocycles. The zero-order valence-corrected chi connectivity index (χ0v) is 12.3. The predicted molar refractivity (Wildman–Crippen MR) is 81.1 cm³/mol. The van der Waals surface area contributed by atoms with E-state index in [1.807, 2.05) is 43.4 Å². The molecule has 2 aromatic carbocycles. The van der Waals surface area contributed by atoms with Gasteiger partial charge in [0.25, 0.3) is 0 Å². The number of halogens is 1.